The fourth-order valence-corrected chi connectivity index (χ4v) is 2.60. The summed E-state index contributed by atoms with van der Waals surface area (Å²) in [5.41, 5.74) is 8.65. The third kappa shape index (κ3) is 2.79. The Morgan fingerprint density at radius 3 is 2.92 bits per heavy atom. The van der Waals surface area contributed by atoms with Crippen LogP contribution in [0.1, 0.15) is 0 Å². The minimum atomic E-state index is 0.429. The van der Waals surface area contributed by atoms with E-state index in [2.05, 4.69) is 20.3 Å². The van der Waals surface area contributed by atoms with Crippen LogP contribution in [0, 0.1) is 0 Å². The van der Waals surface area contributed by atoms with Gasteiger partial charge in [0.1, 0.15) is 18.2 Å². The second-order valence-electron chi connectivity index (χ2n) is 5.37. The van der Waals surface area contributed by atoms with Gasteiger partial charge in [-0.05, 0) is 24.3 Å². The van der Waals surface area contributed by atoms with Crippen LogP contribution in [0.3, 0.4) is 0 Å². The predicted molar refractivity (Wildman–Crippen MR) is 91.5 cm³/mol. The van der Waals surface area contributed by atoms with Gasteiger partial charge in [-0.15, -0.1) is 0 Å². The van der Waals surface area contributed by atoms with Crippen molar-refractivity contribution < 1.29 is 4.74 Å². The van der Waals surface area contributed by atoms with Gasteiger partial charge < -0.3 is 10.5 Å². The number of ether oxygens (including phenoxy) is 1. The molecule has 4 aromatic rings. The quantitative estimate of drug-likeness (QED) is 0.589. The number of aromatic amines is 1. The number of nitrogens with zero attached hydrogens (tertiary/aromatic N) is 4. The summed E-state index contributed by atoms with van der Waals surface area (Å²) in [5.74, 6) is 1.15. The standard InChI is InChI=1S/C17H16N6O/c18-17-11-16(24-9-8-23-7-1-5-20-23)13-3-2-12(10-15(13)21-17)14-4-6-19-22-14/h1-7,10-11H,8-9H2,(H2,18,21)(H,19,22). The molecule has 7 heteroatoms. The van der Waals surface area contributed by atoms with Crippen molar-refractivity contribution in [1.29, 1.82) is 0 Å². The summed E-state index contributed by atoms with van der Waals surface area (Å²) in [6, 6.07) is 11.5. The number of fused-ring (bicyclic) bond motifs is 1. The average Bonchev–Trinajstić information content (AvgIpc) is 3.28. The van der Waals surface area contributed by atoms with Crippen LogP contribution in [-0.2, 0) is 6.54 Å². The van der Waals surface area contributed by atoms with Gasteiger partial charge >= 0.3 is 0 Å². The number of hydrogen-bond acceptors (Lipinski definition) is 5. The molecule has 0 amide bonds. The van der Waals surface area contributed by atoms with E-state index in [1.165, 1.54) is 0 Å². The average molecular weight is 320 g/mol. The van der Waals surface area contributed by atoms with E-state index in [0.717, 1.165) is 27.9 Å². The maximum Gasteiger partial charge on any atom is 0.132 e. The molecule has 4 rings (SSSR count). The Kier molecular flexibility index (Phi) is 3.59. The van der Waals surface area contributed by atoms with Gasteiger partial charge in [-0.2, -0.15) is 10.2 Å². The topological polar surface area (TPSA) is 94.6 Å². The molecule has 0 spiro atoms. The van der Waals surface area contributed by atoms with Crippen molar-refractivity contribution in [1.82, 2.24) is 25.0 Å². The first kappa shape index (κ1) is 14.3. The number of aromatic nitrogens is 5. The molecule has 0 aliphatic rings. The van der Waals surface area contributed by atoms with Crippen molar-refractivity contribution >= 4 is 16.7 Å². The molecule has 0 radical (unpaired) electrons. The Hall–Kier alpha value is -3.35. The molecular weight excluding hydrogens is 304 g/mol. The summed E-state index contributed by atoms with van der Waals surface area (Å²) in [7, 11) is 0. The summed E-state index contributed by atoms with van der Waals surface area (Å²) in [5, 5.41) is 12.0. The van der Waals surface area contributed by atoms with Gasteiger partial charge in [0.25, 0.3) is 0 Å². The molecule has 1 aromatic carbocycles. The number of rotatable bonds is 5. The van der Waals surface area contributed by atoms with Crippen LogP contribution in [0.15, 0.2) is 55.0 Å². The number of benzene rings is 1. The maximum absolute atomic E-state index is 5.93. The molecule has 0 aliphatic carbocycles. The highest BCUT2D eigenvalue weighted by atomic mass is 16.5. The normalized spacial score (nSPS) is 11.0. The molecule has 0 unspecified atom stereocenters. The Bertz CT molecular complexity index is 947. The van der Waals surface area contributed by atoms with E-state index >= 15 is 0 Å². The second kappa shape index (κ2) is 6.04. The minimum Gasteiger partial charge on any atom is -0.491 e. The molecule has 120 valence electrons. The highest BCUT2D eigenvalue weighted by molar-refractivity contribution is 5.89. The third-order valence-corrected chi connectivity index (χ3v) is 3.74. The van der Waals surface area contributed by atoms with E-state index < -0.39 is 0 Å². The van der Waals surface area contributed by atoms with Gasteiger partial charge in [0, 0.05) is 35.6 Å². The number of nitrogens with two attached hydrogens (primary N) is 1. The van der Waals surface area contributed by atoms with Gasteiger partial charge in [0.2, 0.25) is 0 Å². The van der Waals surface area contributed by atoms with E-state index in [0.29, 0.717) is 19.0 Å². The highest BCUT2D eigenvalue weighted by Crippen LogP contribution is 2.29. The SMILES string of the molecule is Nc1cc(OCCn2cccn2)c2ccc(-c3ccn[nH]3)cc2n1. The van der Waals surface area contributed by atoms with Gasteiger partial charge in [0.15, 0.2) is 0 Å². The van der Waals surface area contributed by atoms with Crippen molar-refractivity contribution in [2.75, 3.05) is 12.3 Å². The zero-order valence-electron chi connectivity index (χ0n) is 12.9. The van der Waals surface area contributed by atoms with Crippen LogP contribution in [0.4, 0.5) is 5.82 Å². The molecule has 0 aliphatic heterocycles. The maximum atomic E-state index is 5.93. The number of H-pyrrole nitrogens is 1. The molecule has 24 heavy (non-hydrogen) atoms. The van der Waals surface area contributed by atoms with Gasteiger partial charge in [-0.1, -0.05) is 6.07 Å². The first-order valence-corrected chi connectivity index (χ1v) is 7.60. The zero-order chi connectivity index (χ0) is 16.4. The summed E-state index contributed by atoms with van der Waals surface area (Å²) in [6.45, 7) is 1.17. The van der Waals surface area contributed by atoms with Gasteiger partial charge in [-0.25, -0.2) is 4.98 Å². The summed E-state index contributed by atoms with van der Waals surface area (Å²) < 4.78 is 7.73. The van der Waals surface area contributed by atoms with E-state index in [1.807, 2.05) is 41.2 Å². The lowest BCUT2D eigenvalue weighted by molar-refractivity contribution is 0.294. The molecule has 0 saturated carbocycles. The Morgan fingerprint density at radius 1 is 1.17 bits per heavy atom. The van der Waals surface area contributed by atoms with Crippen molar-refractivity contribution in [3.05, 3.63) is 55.0 Å². The smallest absolute Gasteiger partial charge is 0.132 e. The first-order chi connectivity index (χ1) is 11.8. The Balaban J connectivity index is 1.62. The van der Waals surface area contributed by atoms with Crippen molar-refractivity contribution in [3.63, 3.8) is 0 Å². The highest BCUT2D eigenvalue weighted by Gasteiger charge is 2.08. The summed E-state index contributed by atoms with van der Waals surface area (Å²) in [6.07, 6.45) is 5.37. The lowest BCUT2D eigenvalue weighted by Crippen LogP contribution is -2.09. The van der Waals surface area contributed by atoms with E-state index in [-0.39, 0.29) is 0 Å². The van der Waals surface area contributed by atoms with E-state index in [4.69, 9.17) is 10.5 Å². The first-order valence-electron chi connectivity index (χ1n) is 7.60. The Morgan fingerprint density at radius 2 is 2.12 bits per heavy atom. The van der Waals surface area contributed by atoms with Gasteiger partial charge in [0.05, 0.1) is 17.8 Å². The monoisotopic (exact) mass is 320 g/mol. The van der Waals surface area contributed by atoms with Crippen LogP contribution >= 0.6 is 0 Å². The zero-order valence-corrected chi connectivity index (χ0v) is 12.9. The number of nitrogens with one attached hydrogen (secondary N) is 1. The molecule has 3 N–H and O–H groups in total. The van der Waals surface area contributed by atoms with E-state index in [9.17, 15) is 0 Å². The fraction of sp³-hybridized carbons (Fsp3) is 0.118. The predicted octanol–water partition coefficient (Wildman–Crippen LogP) is 2.48. The molecule has 3 aromatic heterocycles. The molecular formula is C17H16N6O. The summed E-state index contributed by atoms with van der Waals surface area (Å²) in [4.78, 5) is 4.41. The fourth-order valence-electron chi connectivity index (χ4n) is 2.60. The minimum absolute atomic E-state index is 0.429. The summed E-state index contributed by atoms with van der Waals surface area (Å²) >= 11 is 0. The third-order valence-electron chi connectivity index (χ3n) is 3.74. The molecule has 0 saturated heterocycles. The van der Waals surface area contributed by atoms with E-state index in [1.54, 1.807) is 18.5 Å². The molecule has 3 heterocycles. The lowest BCUT2D eigenvalue weighted by Gasteiger charge is -2.11. The molecule has 0 bridgehead atoms. The second-order valence-corrected chi connectivity index (χ2v) is 5.37. The number of hydrogen-bond donors (Lipinski definition) is 2. The number of pyridine rings is 1. The number of nitrogen functional groups attached to an aromatic ring is 1. The van der Waals surface area contributed by atoms with Crippen molar-refractivity contribution in [2.45, 2.75) is 6.54 Å². The number of anilines is 1. The van der Waals surface area contributed by atoms with Crippen molar-refractivity contribution in [2.24, 2.45) is 0 Å². The lowest BCUT2D eigenvalue weighted by atomic mass is 10.1. The van der Waals surface area contributed by atoms with Crippen LogP contribution in [0.5, 0.6) is 5.75 Å². The van der Waals surface area contributed by atoms with Gasteiger partial charge in [-0.3, -0.25) is 9.78 Å². The molecule has 0 atom stereocenters. The molecule has 0 fully saturated rings. The van der Waals surface area contributed by atoms with Crippen LogP contribution in [0.25, 0.3) is 22.2 Å². The van der Waals surface area contributed by atoms with Crippen LogP contribution < -0.4 is 10.5 Å². The van der Waals surface area contributed by atoms with Crippen molar-refractivity contribution in [3.8, 4) is 17.0 Å². The molecule has 7 nitrogen and oxygen atoms in total. The van der Waals surface area contributed by atoms with Crippen LogP contribution in [0.2, 0.25) is 0 Å². The Labute approximate surface area is 138 Å². The van der Waals surface area contributed by atoms with Crippen LogP contribution in [-0.4, -0.2) is 31.6 Å². The largest absolute Gasteiger partial charge is 0.491 e.